The fourth-order valence-electron chi connectivity index (χ4n) is 2.46. The molecule has 23 heavy (non-hydrogen) atoms. The van der Waals surface area contributed by atoms with Gasteiger partial charge in [-0.3, -0.25) is 9.59 Å². The van der Waals surface area contributed by atoms with E-state index >= 15 is 0 Å². The fraction of sp³-hybridized carbons (Fsp3) is 0.444. The zero-order valence-corrected chi connectivity index (χ0v) is 14.4. The molecule has 1 fully saturated rings. The van der Waals surface area contributed by atoms with Crippen LogP contribution in [0.3, 0.4) is 0 Å². The van der Waals surface area contributed by atoms with Crippen molar-refractivity contribution in [1.82, 2.24) is 10.2 Å². The highest BCUT2D eigenvalue weighted by atomic mass is 32.2. The van der Waals surface area contributed by atoms with Crippen LogP contribution in [0.2, 0.25) is 0 Å². The van der Waals surface area contributed by atoms with Crippen LogP contribution in [-0.2, 0) is 10.5 Å². The van der Waals surface area contributed by atoms with Gasteiger partial charge < -0.3 is 10.2 Å². The van der Waals surface area contributed by atoms with Crippen molar-refractivity contribution in [3.8, 4) is 0 Å². The molecule has 0 aromatic heterocycles. The van der Waals surface area contributed by atoms with E-state index in [4.69, 9.17) is 0 Å². The van der Waals surface area contributed by atoms with Crippen LogP contribution in [0.5, 0.6) is 0 Å². The Morgan fingerprint density at radius 1 is 1.30 bits per heavy atom. The van der Waals surface area contributed by atoms with Crippen molar-refractivity contribution in [2.75, 3.05) is 19.6 Å². The second-order valence-electron chi connectivity index (χ2n) is 5.68. The van der Waals surface area contributed by atoms with Gasteiger partial charge in [0.25, 0.3) is 5.91 Å². The molecule has 1 atom stereocenters. The topological polar surface area (TPSA) is 49.4 Å². The normalized spacial score (nSPS) is 15.3. The van der Waals surface area contributed by atoms with Crippen LogP contribution in [0.15, 0.2) is 36.9 Å². The Labute approximate surface area is 142 Å². The van der Waals surface area contributed by atoms with Gasteiger partial charge in [0.2, 0.25) is 5.91 Å². The second-order valence-corrected chi connectivity index (χ2v) is 7.01. The number of carbonyl (C=O) groups excluding carboxylic acids is 2. The van der Waals surface area contributed by atoms with Crippen LogP contribution < -0.4 is 5.32 Å². The number of amides is 2. The summed E-state index contributed by atoms with van der Waals surface area (Å²) in [5.74, 6) is 0.899. The first kappa shape index (κ1) is 17.6. The van der Waals surface area contributed by atoms with E-state index in [1.165, 1.54) is 0 Å². The SMILES string of the molecule is C=CCNC(=O)[C@@H](C)SCc1ccc(C(=O)N2CCCC2)cc1. The first-order valence-corrected chi connectivity index (χ1v) is 9.05. The molecule has 0 bridgehead atoms. The van der Waals surface area contributed by atoms with Crippen LogP contribution in [0, 0.1) is 0 Å². The molecule has 1 saturated heterocycles. The van der Waals surface area contributed by atoms with Gasteiger partial charge in [-0.05, 0) is 37.5 Å². The Hall–Kier alpha value is -1.75. The first-order chi connectivity index (χ1) is 11.1. The predicted molar refractivity (Wildman–Crippen MR) is 95.5 cm³/mol. The maximum Gasteiger partial charge on any atom is 0.253 e. The molecule has 0 aliphatic carbocycles. The lowest BCUT2D eigenvalue weighted by molar-refractivity contribution is -0.120. The third-order valence-corrected chi connectivity index (χ3v) is 5.10. The first-order valence-electron chi connectivity index (χ1n) is 8.00. The van der Waals surface area contributed by atoms with Crippen LogP contribution in [0.4, 0.5) is 0 Å². The summed E-state index contributed by atoms with van der Waals surface area (Å²) in [5, 5.41) is 2.69. The van der Waals surface area contributed by atoms with Crippen LogP contribution in [0.1, 0.15) is 35.7 Å². The number of nitrogens with zero attached hydrogens (tertiary/aromatic N) is 1. The molecule has 5 heteroatoms. The highest BCUT2D eigenvalue weighted by Crippen LogP contribution is 2.19. The lowest BCUT2D eigenvalue weighted by Gasteiger charge is -2.15. The molecule has 0 spiro atoms. The number of likely N-dealkylation sites (tertiary alicyclic amines) is 1. The van der Waals surface area contributed by atoms with Gasteiger partial charge in [-0.15, -0.1) is 18.3 Å². The number of nitrogens with one attached hydrogen (secondary N) is 1. The third-order valence-electron chi connectivity index (χ3n) is 3.88. The Morgan fingerprint density at radius 2 is 1.96 bits per heavy atom. The zero-order valence-electron chi connectivity index (χ0n) is 13.6. The maximum absolute atomic E-state index is 12.3. The average molecular weight is 332 g/mol. The van der Waals surface area contributed by atoms with Gasteiger partial charge in [0.05, 0.1) is 5.25 Å². The van der Waals surface area contributed by atoms with E-state index in [9.17, 15) is 9.59 Å². The van der Waals surface area contributed by atoms with E-state index in [0.717, 1.165) is 42.8 Å². The lowest BCUT2D eigenvalue weighted by Crippen LogP contribution is -2.30. The smallest absolute Gasteiger partial charge is 0.253 e. The predicted octanol–water partition coefficient (Wildman–Crippen LogP) is 2.85. The maximum atomic E-state index is 12.3. The summed E-state index contributed by atoms with van der Waals surface area (Å²) in [6.07, 6.45) is 3.88. The Kier molecular flexibility index (Phi) is 6.71. The number of hydrogen-bond donors (Lipinski definition) is 1. The molecule has 124 valence electrons. The van der Waals surface area contributed by atoms with Crippen LogP contribution in [0.25, 0.3) is 0 Å². The van der Waals surface area contributed by atoms with Crippen molar-refractivity contribution < 1.29 is 9.59 Å². The summed E-state index contributed by atoms with van der Waals surface area (Å²) >= 11 is 1.59. The second kappa shape index (κ2) is 8.77. The van der Waals surface area contributed by atoms with E-state index in [1.54, 1.807) is 17.8 Å². The van der Waals surface area contributed by atoms with E-state index in [2.05, 4.69) is 11.9 Å². The molecular formula is C18H24N2O2S. The summed E-state index contributed by atoms with van der Waals surface area (Å²) in [6.45, 7) is 7.72. The molecule has 1 aliphatic rings. The molecule has 1 heterocycles. The Morgan fingerprint density at radius 3 is 2.57 bits per heavy atom. The summed E-state index contributed by atoms with van der Waals surface area (Å²) in [4.78, 5) is 26.0. The average Bonchev–Trinajstić information content (AvgIpc) is 3.11. The highest BCUT2D eigenvalue weighted by Gasteiger charge is 2.19. The number of rotatable bonds is 7. The van der Waals surface area contributed by atoms with Crippen LogP contribution >= 0.6 is 11.8 Å². The number of benzene rings is 1. The van der Waals surface area contributed by atoms with Gasteiger partial charge in [-0.1, -0.05) is 18.2 Å². The molecular weight excluding hydrogens is 308 g/mol. The van der Waals surface area contributed by atoms with Gasteiger partial charge in [0.1, 0.15) is 0 Å². The van der Waals surface area contributed by atoms with Crippen molar-refractivity contribution in [3.05, 3.63) is 48.0 Å². The molecule has 1 aliphatic heterocycles. The van der Waals surface area contributed by atoms with E-state index in [0.29, 0.717) is 6.54 Å². The molecule has 2 amide bonds. The number of thioether (sulfide) groups is 1. The van der Waals surface area contributed by atoms with Gasteiger partial charge in [-0.25, -0.2) is 0 Å². The van der Waals surface area contributed by atoms with Gasteiger partial charge in [0, 0.05) is 31.0 Å². The van der Waals surface area contributed by atoms with Crippen molar-refractivity contribution in [2.24, 2.45) is 0 Å². The highest BCUT2D eigenvalue weighted by molar-refractivity contribution is 7.99. The Balaban J connectivity index is 1.83. The van der Waals surface area contributed by atoms with Crippen molar-refractivity contribution >= 4 is 23.6 Å². The van der Waals surface area contributed by atoms with E-state index < -0.39 is 0 Å². The molecule has 1 aromatic rings. The molecule has 4 nitrogen and oxygen atoms in total. The summed E-state index contributed by atoms with van der Waals surface area (Å²) in [7, 11) is 0. The number of hydrogen-bond acceptors (Lipinski definition) is 3. The molecule has 1 aromatic carbocycles. The van der Waals surface area contributed by atoms with Crippen molar-refractivity contribution in [2.45, 2.75) is 30.8 Å². The fourth-order valence-corrected chi connectivity index (χ4v) is 3.33. The van der Waals surface area contributed by atoms with Crippen molar-refractivity contribution in [1.29, 1.82) is 0 Å². The largest absolute Gasteiger partial charge is 0.352 e. The summed E-state index contributed by atoms with van der Waals surface area (Å²) in [6, 6.07) is 7.73. The molecule has 2 rings (SSSR count). The molecule has 1 N–H and O–H groups in total. The molecule has 0 radical (unpaired) electrons. The molecule has 0 saturated carbocycles. The quantitative estimate of drug-likeness (QED) is 0.781. The van der Waals surface area contributed by atoms with Crippen LogP contribution in [-0.4, -0.2) is 41.6 Å². The lowest BCUT2D eigenvalue weighted by atomic mass is 10.1. The van der Waals surface area contributed by atoms with E-state index in [1.807, 2.05) is 36.1 Å². The Bertz CT molecular complexity index is 551. The summed E-state index contributed by atoms with van der Waals surface area (Å²) in [5.41, 5.74) is 1.87. The van der Waals surface area contributed by atoms with Gasteiger partial charge in [-0.2, -0.15) is 0 Å². The van der Waals surface area contributed by atoms with Gasteiger partial charge in [0.15, 0.2) is 0 Å². The third kappa shape index (κ3) is 5.13. The monoisotopic (exact) mass is 332 g/mol. The minimum Gasteiger partial charge on any atom is -0.352 e. The standard InChI is InChI=1S/C18H24N2O2S/c1-3-10-19-17(21)14(2)23-13-15-6-8-16(9-7-15)18(22)20-11-4-5-12-20/h3,6-9,14H,1,4-5,10-13H2,2H3,(H,19,21)/t14-/m1/s1. The minimum absolute atomic E-state index is 0.0238. The van der Waals surface area contributed by atoms with E-state index in [-0.39, 0.29) is 17.1 Å². The van der Waals surface area contributed by atoms with Gasteiger partial charge >= 0.3 is 0 Å². The number of carbonyl (C=O) groups is 2. The molecule has 0 unspecified atom stereocenters. The zero-order chi connectivity index (χ0) is 16.7. The minimum atomic E-state index is -0.110. The van der Waals surface area contributed by atoms with Crippen molar-refractivity contribution in [3.63, 3.8) is 0 Å². The summed E-state index contributed by atoms with van der Waals surface area (Å²) < 4.78 is 0.